The van der Waals surface area contributed by atoms with Crippen LogP contribution in [0.1, 0.15) is 20.3 Å². The predicted molar refractivity (Wildman–Crippen MR) is 89.4 cm³/mol. The van der Waals surface area contributed by atoms with Crippen molar-refractivity contribution in [2.45, 2.75) is 31.1 Å². The van der Waals surface area contributed by atoms with Crippen LogP contribution in [0.2, 0.25) is 0 Å². The van der Waals surface area contributed by atoms with Crippen molar-refractivity contribution in [2.24, 2.45) is 10.9 Å². The fourth-order valence-corrected chi connectivity index (χ4v) is 5.75. The Morgan fingerprint density at radius 1 is 1.48 bits per heavy atom. The van der Waals surface area contributed by atoms with Crippen LogP contribution in [-0.2, 0) is 10.0 Å². The van der Waals surface area contributed by atoms with Crippen molar-refractivity contribution < 1.29 is 12.8 Å². The molecule has 0 radical (unpaired) electrons. The van der Waals surface area contributed by atoms with Crippen LogP contribution >= 0.6 is 0 Å². The number of fused-ring (bicyclic) bond motifs is 1. The summed E-state index contributed by atoms with van der Waals surface area (Å²) in [6.45, 7) is 5.33. The standard InChI is InChI=1S/C16H22FN3O2S/c1-12-9-18-7-4-8-20(12)23(21,22)16(2)6-3-5-13-10-19-11-14(17)15(13)16/h3,5-6,10-12,15,18H,4,7-9H2,1-2H3/t12-,15?,16?/m0/s1. The van der Waals surface area contributed by atoms with Gasteiger partial charge in [-0.25, -0.2) is 12.8 Å². The van der Waals surface area contributed by atoms with Gasteiger partial charge >= 0.3 is 0 Å². The number of rotatable bonds is 2. The molecule has 3 atom stereocenters. The first-order chi connectivity index (χ1) is 10.9. The molecule has 3 aliphatic rings. The van der Waals surface area contributed by atoms with E-state index in [9.17, 15) is 12.8 Å². The molecule has 0 spiro atoms. The minimum Gasteiger partial charge on any atom is -0.315 e. The normalized spacial score (nSPS) is 35.3. The van der Waals surface area contributed by atoms with Crippen molar-refractivity contribution in [3.05, 3.63) is 35.8 Å². The highest BCUT2D eigenvalue weighted by Gasteiger charge is 2.52. The van der Waals surface area contributed by atoms with Crippen LogP contribution in [0.3, 0.4) is 0 Å². The third-order valence-electron chi connectivity index (χ3n) is 4.85. The van der Waals surface area contributed by atoms with E-state index in [1.54, 1.807) is 31.4 Å². The lowest BCUT2D eigenvalue weighted by Crippen LogP contribution is -2.54. The van der Waals surface area contributed by atoms with Gasteiger partial charge in [0.05, 0.1) is 12.1 Å². The highest BCUT2D eigenvalue weighted by atomic mass is 32.2. The minimum atomic E-state index is -3.74. The minimum absolute atomic E-state index is 0.161. The zero-order valence-corrected chi connectivity index (χ0v) is 14.2. The second-order valence-corrected chi connectivity index (χ2v) is 8.76. The van der Waals surface area contributed by atoms with Gasteiger partial charge in [-0.2, -0.15) is 4.31 Å². The number of nitrogens with zero attached hydrogens (tertiary/aromatic N) is 2. The first-order valence-electron chi connectivity index (χ1n) is 7.88. The van der Waals surface area contributed by atoms with Gasteiger partial charge in [0.15, 0.2) is 0 Å². The van der Waals surface area contributed by atoms with Gasteiger partial charge in [0.1, 0.15) is 10.6 Å². The van der Waals surface area contributed by atoms with E-state index in [0.29, 0.717) is 18.7 Å². The van der Waals surface area contributed by atoms with Gasteiger partial charge in [0.25, 0.3) is 0 Å². The van der Waals surface area contributed by atoms with Gasteiger partial charge in [-0.3, -0.25) is 4.99 Å². The van der Waals surface area contributed by atoms with Crippen LogP contribution in [0.5, 0.6) is 0 Å². The predicted octanol–water partition coefficient (Wildman–Crippen LogP) is 1.77. The molecule has 2 unspecified atom stereocenters. The van der Waals surface area contributed by atoms with Gasteiger partial charge in [0, 0.05) is 25.3 Å². The van der Waals surface area contributed by atoms with Crippen LogP contribution in [0.25, 0.3) is 0 Å². The Morgan fingerprint density at radius 3 is 3.04 bits per heavy atom. The van der Waals surface area contributed by atoms with E-state index in [2.05, 4.69) is 10.3 Å². The number of allylic oxidation sites excluding steroid dienone is 4. The first kappa shape index (κ1) is 16.5. The Morgan fingerprint density at radius 2 is 2.26 bits per heavy atom. The number of hydrogen-bond acceptors (Lipinski definition) is 4. The summed E-state index contributed by atoms with van der Waals surface area (Å²) in [6, 6.07) is -0.161. The van der Waals surface area contributed by atoms with Crippen LogP contribution < -0.4 is 5.32 Å². The van der Waals surface area contributed by atoms with Crippen LogP contribution in [0.4, 0.5) is 4.39 Å². The average Bonchev–Trinajstić information content (AvgIpc) is 2.72. The Balaban J connectivity index is 2.04. The Hall–Kier alpha value is -1.31. The summed E-state index contributed by atoms with van der Waals surface area (Å²) in [5.74, 6) is -1.34. The van der Waals surface area contributed by atoms with E-state index in [4.69, 9.17) is 0 Å². The molecule has 5 nitrogen and oxygen atoms in total. The van der Waals surface area contributed by atoms with E-state index in [1.807, 2.05) is 6.92 Å². The van der Waals surface area contributed by atoms with E-state index in [1.165, 1.54) is 4.31 Å². The molecule has 0 aromatic rings. The molecule has 0 aromatic carbocycles. The molecule has 0 saturated carbocycles. The number of halogens is 1. The summed E-state index contributed by atoms with van der Waals surface area (Å²) >= 11 is 0. The first-order valence-corrected chi connectivity index (χ1v) is 9.32. The molecule has 1 fully saturated rings. The smallest absolute Gasteiger partial charge is 0.224 e. The maximum Gasteiger partial charge on any atom is 0.224 e. The van der Waals surface area contributed by atoms with Crippen LogP contribution in [0.15, 0.2) is 40.8 Å². The molecule has 3 rings (SSSR count). The Kier molecular flexibility index (Phi) is 4.29. The second kappa shape index (κ2) is 5.96. The number of hydrogen-bond donors (Lipinski definition) is 1. The van der Waals surface area contributed by atoms with Crippen molar-refractivity contribution in [1.29, 1.82) is 0 Å². The van der Waals surface area contributed by atoms with Gasteiger partial charge < -0.3 is 5.32 Å². The third kappa shape index (κ3) is 2.60. The second-order valence-electron chi connectivity index (χ2n) is 6.46. The molecule has 126 valence electrons. The summed E-state index contributed by atoms with van der Waals surface area (Å²) in [4.78, 5) is 3.85. The Labute approximate surface area is 136 Å². The zero-order valence-electron chi connectivity index (χ0n) is 13.4. The largest absolute Gasteiger partial charge is 0.315 e. The highest BCUT2D eigenvalue weighted by Crippen LogP contribution is 2.44. The summed E-state index contributed by atoms with van der Waals surface area (Å²) in [5.41, 5.74) is 0.596. The van der Waals surface area contributed by atoms with Gasteiger partial charge in [0.2, 0.25) is 10.0 Å². The molecule has 1 N–H and O–H groups in total. The van der Waals surface area contributed by atoms with Crippen molar-refractivity contribution in [3.8, 4) is 0 Å². The maximum atomic E-state index is 14.5. The monoisotopic (exact) mass is 339 g/mol. The molecule has 2 aliphatic heterocycles. The van der Waals surface area contributed by atoms with E-state index in [0.717, 1.165) is 19.2 Å². The summed E-state index contributed by atoms with van der Waals surface area (Å²) < 4.78 is 41.5. The third-order valence-corrected chi connectivity index (χ3v) is 7.49. The quantitative estimate of drug-likeness (QED) is 0.834. The highest BCUT2D eigenvalue weighted by molar-refractivity contribution is 7.90. The molecule has 0 bridgehead atoms. The lowest BCUT2D eigenvalue weighted by atomic mass is 9.81. The fourth-order valence-electron chi connectivity index (χ4n) is 3.53. The summed E-state index contributed by atoms with van der Waals surface area (Å²) in [6.07, 6.45) is 8.42. The van der Waals surface area contributed by atoms with Crippen molar-refractivity contribution in [2.75, 3.05) is 19.6 Å². The van der Waals surface area contributed by atoms with Gasteiger partial charge in [-0.05, 0) is 32.4 Å². The van der Waals surface area contributed by atoms with E-state index < -0.39 is 26.5 Å². The topological polar surface area (TPSA) is 61.8 Å². The molecule has 23 heavy (non-hydrogen) atoms. The molecular formula is C16H22FN3O2S. The summed E-state index contributed by atoms with van der Waals surface area (Å²) in [5, 5.41) is 3.24. The molecule has 1 aliphatic carbocycles. The summed E-state index contributed by atoms with van der Waals surface area (Å²) in [7, 11) is -3.74. The fraction of sp³-hybridized carbons (Fsp3) is 0.562. The van der Waals surface area contributed by atoms with Gasteiger partial charge in [-0.1, -0.05) is 18.2 Å². The molecule has 2 heterocycles. The molecular weight excluding hydrogens is 317 g/mol. The molecule has 1 saturated heterocycles. The van der Waals surface area contributed by atoms with E-state index >= 15 is 0 Å². The molecule has 0 aromatic heterocycles. The van der Waals surface area contributed by atoms with Crippen LogP contribution in [-0.4, -0.2) is 49.4 Å². The van der Waals surface area contributed by atoms with Crippen molar-refractivity contribution in [1.82, 2.24) is 9.62 Å². The maximum absolute atomic E-state index is 14.5. The SMILES string of the molecule is C[C@H]1CNCCCN1S(=O)(=O)C1(C)C=CC=C2C=NC=C(F)C21. The van der Waals surface area contributed by atoms with Crippen molar-refractivity contribution in [3.63, 3.8) is 0 Å². The average molecular weight is 339 g/mol. The van der Waals surface area contributed by atoms with Crippen LogP contribution in [0, 0.1) is 5.92 Å². The van der Waals surface area contributed by atoms with Crippen molar-refractivity contribution >= 4 is 16.2 Å². The van der Waals surface area contributed by atoms with E-state index in [-0.39, 0.29) is 6.04 Å². The molecule has 0 amide bonds. The lowest BCUT2D eigenvalue weighted by Gasteiger charge is -2.41. The zero-order chi connectivity index (χ0) is 16.7. The lowest BCUT2D eigenvalue weighted by molar-refractivity contribution is 0.330. The number of sulfonamides is 1. The number of nitrogens with one attached hydrogen (secondary N) is 1. The molecule has 7 heteroatoms. The number of aliphatic imine (C=N–C) groups is 1. The Bertz CT molecular complexity index is 711. The van der Waals surface area contributed by atoms with Gasteiger partial charge in [-0.15, -0.1) is 0 Å².